The van der Waals surface area contributed by atoms with Gasteiger partial charge in [0.15, 0.2) is 0 Å². The first-order chi connectivity index (χ1) is 18.9. The van der Waals surface area contributed by atoms with E-state index in [1.807, 2.05) is 44.2 Å². The summed E-state index contributed by atoms with van der Waals surface area (Å²) in [6, 6.07) is 14.2. The molecule has 0 aliphatic rings. The minimum atomic E-state index is -1.06. The van der Waals surface area contributed by atoms with Gasteiger partial charge in [-0.15, -0.1) is 0 Å². The van der Waals surface area contributed by atoms with E-state index < -0.39 is 41.5 Å². The smallest absolute Gasteiger partial charge is 0.407 e. The number of carbonyl (C=O) groups is 4. The fourth-order valence-corrected chi connectivity index (χ4v) is 3.83. The van der Waals surface area contributed by atoms with Crippen LogP contribution in [0.4, 0.5) is 4.79 Å². The van der Waals surface area contributed by atoms with Crippen molar-refractivity contribution in [2.45, 2.75) is 78.1 Å². The van der Waals surface area contributed by atoms with Crippen LogP contribution in [0.15, 0.2) is 54.6 Å². The van der Waals surface area contributed by atoms with Crippen molar-refractivity contribution in [1.29, 1.82) is 0 Å². The second-order valence-corrected chi connectivity index (χ2v) is 10.8. The Bertz CT molecular complexity index is 1120. The van der Waals surface area contributed by atoms with Crippen molar-refractivity contribution in [3.63, 3.8) is 0 Å². The summed E-state index contributed by atoms with van der Waals surface area (Å²) in [6.45, 7) is 9.56. The van der Waals surface area contributed by atoms with Gasteiger partial charge in [-0.3, -0.25) is 19.7 Å². The van der Waals surface area contributed by atoms with Gasteiger partial charge in [-0.05, 0) is 49.9 Å². The average Bonchev–Trinajstić information content (AvgIpc) is 2.89. The number of hydrogen-bond donors (Lipinski definition) is 5. The van der Waals surface area contributed by atoms with E-state index in [4.69, 9.17) is 4.74 Å². The van der Waals surface area contributed by atoms with Gasteiger partial charge in [0.2, 0.25) is 17.7 Å². The van der Waals surface area contributed by atoms with Crippen molar-refractivity contribution in [2.24, 2.45) is 5.92 Å². The number of ether oxygens (including phenoxy) is 1. The molecular weight excluding hydrogens is 512 g/mol. The van der Waals surface area contributed by atoms with Gasteiger partial charge >= 0.3 is 6.09 Å². The Morgan fingerprint density at radius 3 is 2.17 bits per heavy atom. The molecule has 0 radical (unpaired) electrons. The number of amides is 4. The minimum absolute atomic E-state index is 0.00667. The second-order valence-electron chi connectivity index (χ2n) is 10.8. The lowest BCUT2D eigenvalue weighted by Gasteiger charge is -2.25. The van der Waals surface area contributed by atoms with E-state index in [0.717, 1.165) is 5.56 Å². The second kappa shape index (κ2) is 15.6. The molecule has 0 aliphatic carbocycles. The van der Waals surface area contributed by atoms with Gasteiger partial charge in [0.25, 0.3) is 0 Å². The molecule has 10 nitrogen and oxygen atoms in total. The fourth-order valence-electron chi connectivity index (χ4n) is 3.83. The van der Waals surface area contributed by atoms with E-state index in [-0.39, 0.29) is 31.1 Å². The number of phenols is 1. The van der Waals surface area contributed by atoms with Crippen molar-refractivity contribution in [3.8, 4) is 5.75 Å². The standard InChI is InChI=1S/C30H42N4O6/c1-6-20(2)26(32-19-22-10-8-7-9-11-22)28(38)34-27(37)24(18-21-12-14-23(35)15-13-21)33-25(36)16-17-31-29(39)40-30(3,4)5/h7-15,20,24,26,32,35H,6,16-19H2,1-5H3,(H,31,39)(H,33,36)(H,34,37,38)/t20-,24-,26-/m0/s1. The Morgan fingerprint density at radius 2 is 1.57 bits per heavy atom. The summed E-state index contributed by atoms with van der Waals surface area (Å²) in [5.74, 6) is -1.60. The molecule has 0 heterocycles. The molecule has 218 valence electrons. The van der Waals surface area contributed by atoms with E-state index in [1.54, 1.807) is 32.9 Å². The van der Waals surface area contributed by atoms with Gasteiger partial charge in [-0.2, -0.15) is 0 Å². The molecule has 2 aromatic rings. The summed E-state index contributed by atoms with van der Waals surface area (Å²) in [6.07, 6.45) is 0.0618. The van der Waals surface area contributed by atoms with Crippen LogP contribution in [0.3, 0.4) is 0 Å². The van der Waals surface area contributed by atoms with E-state index >= 15 is 0 Å². The van der Waals surface area contributed by atoms with Crippen LogP contribution in [0.2, 0.25) is 0 Å². The number of carbonyl (C=O) groups excluding carboxylic acids is 4. The molecule has 2 aromatic carbocycles. The van der Waals surface area contributed by atoms with Crippen LogP contribution >= 0.6 is 0 Å². The average molecular weight is 555 g/mol. The molecule has 0 bridgehead atoms. The van der Waals surface area contributed by atoms with Crippen LogP contribution in [0, 0.1) is 5.92 Å². The topological polar surface area (TPSA) is 146 Å². The zero-order valence-electron chi connectivity index (χ0n) is 24.0. The molecule has 3 atom stereocenters. The predicted molar refractivity (Wildman–Crippen MR) is 152 cm³/mol. The number of benzene rings is 2. The number of phenolic OH excluding ortho intramolecular Hbond substituents is 1. The zero-order valence-corrected chi connectivity index (χ0v) is 24.0. The van der Waals surface area contributed by atoms with Crippen molar-refractivity contribution >= 4 is 23.8 Å². The normalized spacial score (nSPS) is 13.4. The van der Waals surface area contributed by atoms with Crippen molar-refractivity contribution in [1.82, 2.24) is 21.3 Å². The van der Waals surface area contributed by atoms with Crippen LogP contribution in [0.5, 0.6) is 5.75 Å². The van der Waals surface area contributed by atoms with Crippen molar-refractivity contribution < 1.29 is 29.0 Å². The Kier molecular flexibility index (Phi) is 12.6. The van der Waals surface area contributed by atoms with Crippen LogP contribution in [-0.4, -0.2) is 53.2 Å². The summed E-state index contributed by atoms with van der Waals surface area (Å²) in [7, 11) is 0. The molecule has 0 aliphatic heterocycles. The lowest BCUT2D eigenvalue weighted by molar-refractivity contribution is -0.135. The molecule has 0 fully saturated rings. The Labute approximate surface area is 236 Å². The van der Waals surface area contributed by atoms with Gasteiger partial charge in [0, 0.05) is 25.9 Å². The highest BCUT2D eigenvalue weighted by atomic mass is 16.6. The van der Waals surface area contributed by atoms with Crippen LogP contribution in [-0.2, 0) is 32.1 Å². The highest BCUT2D eigenvalue weighted by Crippen LogP contribution is 2.13. The molecule has 5 N–H and O–H groups in total. The van der Waals surface area contributed by atoms with Gasteiger partial charge in [0.05, 0.1) is 6.04 Å². The molecule has 40 heavy (non-hydrogen) atoms. The molecule has 0 aromatic heterocycles. The quantitative estimate of drug-likeness (QED) is 0.256. The summed E-state index contributed by atoms with van der Waals surface area (Å²) in [4.78, 5) is 51.0. The zero-order chi connectivity index (χ0) is 29.7. The van der Waals surface area contributed by atoms with Crippen molar-refractivity contribution in [3.05, 3.63) is 65.7 Å². The van der Waals surface area contributed by atoms with Crippen LogP contribution in [0.1, 0.15) is 58.6 Å². The van der Waals surface area contributed by atoms with E-state index in [1.165, 1.54) is 12.1 Å². The number of aromatic hydroxyl groups is 1. The number of imide groups is 1. The number of hydrogen-bond acceptors (Lipinski definition) is 7. The van der Waals surface area contributed by atoms with E-state index in [2.05, 4.69) is 21.3 Å². The lowest BCUT2D eigenvalue weighted by atomic mass is 9.97. The van der Waals surface area contributed by atoms with Gasteiger partial charge in [-0.25, -0.2) is 4.79 Å². The molecule has 0 unspecified atom stereocenters. The summed E-state index contributed by atoms with van der Waals surface area (Å²) < 4.78 is 5.16. The first-order valence-corrected chi connectivity index (χ1v) is 13.5. The third kappa shape index (κ3) is 11.9. The lowest BCUT2D eigenvalue weighted by Crippen LogP contribution is -2.55. The predicted octanol–water partition coefficient (Wildman–Crippen LogP) is 3.18. The monoisotopic (exact) mass is 554 g/mol. The van der Waals surface area contributed by atoms with Crippen LogP contribution < -0.4 is 21.3 Å². The Hall–Kier alpha value is -3.92. The van der Waals surface area contributed by atoms with Crippen LogP contribution in [0.25, 0.3) is 0 Å². The maximum absolute atomic E-state index is 13.3. The fraction of sp³-hybridized carbons (Fsp3) is 0.467. The summed E-state index contributed by atoms with van der Waals surface area (Å²) >= 11 is 0. The molecule has 0 saturated heterocycles. The van der Waals surface area contributed by atoms with Gasteiger partial charge < -0.3 is 25.8 Å². The van der Waals surface area contributed by atoms with Crippen molar-refractivity contribution in [2.75, 3.05) is 6.54 Å². The Morgan fingerprint density at radius 1 is 0.925 bits per heavy atom. The van der Waals surface area contributed by atoms with E-state index in [9.17, 15) is 24.3 Å². The molecule has 0 saturated carbocycles. The highest BCUT2D eigenvalue weighted by molar-refractivity contribution is 6.01. The van der Waals surface area contributed by atoms with E-state index in [0.29, 0.717) is 18.5 Å². The third-order valence-corrected chi connectivity index (χ3v) is 6.16. The first-order valence-electron chi connectivity index (χ1n) is 13.5. The number of nitrogens with one attached hydrogen (secondary N) is 4. The molecule has 2 rings (SSSR count). The molecular formula is C30H42N4O6. The van der Waals surface area contributed by atoms with Gasteiger partial charge in [-0.1, -0.05) is 62.7 Å². The minimum Gasteiger partial charge on any atom is -0.508 e. The largest absolute Gasteiger partial charge is 0.508 e. The first kappa shape index (κ1) is 32.3. The maximum Gasteiger partial charge on any atom is 0.407 e. The highest BCUT2D eigenvalue weighted by Gasteiger charge is 2.29. The molecule has 0 spiro atoms. The number of rotatable bonds is 13. The SMILES string of the molecule is CC[C@H](C)[C@H](NCc1ccccc1)C(=O)NC(=O)[C@H](Cc1ccc(O)cc1)NC(=O)CCNC(=O)OC(C)(C)C. The maximum atomic E-state index is 13.3. The van der Waals surface area contributed by atoms with Gasteiger partial charge in [0.1, 0.15) is 17.4 Å². The summed E-state index contributed by atoms with van der Waals surface area (Å²) in [5, 5.41) is 20.5. The number of alkyl carbamates (subject to hydrolysis) is 1. The Balaban J connectivity index is 2.07. The summed E-state index contributed by atoms with van der Waals surface area (Å²) in [5.41, 5.74) is 1.01. The third-order valence-electron chi connectivity index (χ3n) is 6.16. The molecule has 4 amide bonds. The molecule has 10 heteroatoms.